The second-order valence-corrected chi connectivity index (χ2v) is 8.70. The van der Waals surface area contributed by atoms with Gasteiger partial charge in [0.05, 0.1) is 24.9 Å². The molecule has 4 nitrogen and oxygen atoms in total. The summed E-state index contributed by atoms with van der Waals surface area (Å²) in [5, 5.41) is 2.20. The highest BCUT2D eigenvalue weighted by molar-refractivity contribution is 7.10. The quantitative estimate of drug-likeness (QED) is 0.815. The predicted molar refractivity (Wildman–Crippen MR) is 95.5 cm³/mol. The summed E-state index contributed by atoms with van der Waals surface area (Å²) in [6, 6.07) is 2.22. The summed E-state index contributed by atoms with van der Waals surface area (Å²) in [6.45, 7) is 8.94. The fourth-order valence-electron chi connectivity index (χ4n) is 4.21. The van der Waals surface area contributed by atoms with Gasteiger partial charge in [0, 0.05) is 44.1 Å². The van der Waals surface area contributed by atoms with Crippen molar-refractivity contribution in [2.45, 2.75) is 50.9 Å². The van der Waals surface area contributed by atoms with Gasteiger partial charge in [0.25, 0.3) is 0 Å². The molecule has 0 aliphatic carbocycles. The Morgan fingerprint density at radius 2 is 2.25 bits per heavy atom. The molecule has 3 aliphatic rings. The summed E-state index contributed by atoms with van der Waals surface area (Å²) >= 11 is 1.87. The van der Waals surface area contributed by atoms with E-state index in [9.17, 15) is 0 Å². The minimum atomic E-state index is 0.0471. The summed E-state index contributed by atoms with van der Waals surface area (Å²) in [6.07, 6.45) is 4.79. The Kier molecular flexibility index (Phi) is 5.25. The Hall–Kier alpha value is -0.460. The lowest BCUT2D eigenvalue weighted by molar-refractivity contribution is -0.0188. The molecule has 4 rings (SSSR count). The smallest absolute Gasteiger partial charge is 0.0847 e. The maximum atomic E-state index is 6.25. The average molecular weight is 352 g/mol. The van der Waals surface area contributed by atoms with Gasteiger partial charge >= 0.3 is 0 Å². The number of nitrogens with zero attached hydrogens (tertiary/aromatic N) is 1. The summed E-state index contributed by atoms with van der Waals surface area (Å²) in [7, 11) is 0. The van der Waals surface area contributed by atoms with E-state index in [0.29, 0.717) is 5.92 Å². The van der Waals surface area contributed by atoms with Gasteiger partial charge in [-0.15, -0.1) is 11.3 Å². The van der Waals surface area contributed by atoms with Gasteiger partial charge < -0.3 is 14.2 Å². The van der Waals surface area contributed by atoms with Crippen LogP contribution in [-0.4, -0.2) is 56.1 Å². The zero-order valence-electron chi connectivity index (χ0n) is 14.7. The highest BCUT2D eigenvalue weighted by Crippen LogP contribution is 2.37. The summed E-state index contributed by atoms with van der Waals surface area (Å²) < 4.78 is 17.9. The second kappa shape index (κ2) is 7.42. The van der Waals surface area contributed by atoms with Crippen LogP contribution >= 0.6 is 11.3 Å². The molecular weight excluding hydrogens is 322 g/mol. The van der Waals surface area contributed by atoms with Crippen LogP contribution in [0.5, 0.6) is 0 Å². The number of aryl methyl sites for hydroxylation is 1. The van der Waals surface area contributed by atoms with Crippen molar-refractivity contribution in [1.82, 2.24) is 4.90 Å². The van der Waals surface area contributed by atoms with E-state index in [2.05, 4.69) is 23.3 Å². The van der Waals surface area contributed by atoms with E-state index in [4.69, 9.17) is 14.2 Å². The first kappa shape index (κ1) is 17.0. The molecule has 0 amide bonds. The van der Waals surface area contributed by atoms with E-state index < -0.39 is 0 Å². The molecule has 2 atom stereocenters. The van der Waals surface area contributed by atoms with Crippen molar-refractivity contribution in [1.29, 1.82) is 0 Å². The number of thiophene rings is 1. The van der Waals surface area contributed by atoms with E-state index in [0.717, 1.165) is 71.7 Å². The van der Waals surface area contributed by atoms with Crippen LogP contribution in [0.1, 0.15) is 36.1 Å². The summed E-state index contributed by atoms with van der Waals surface area (Å²) in [4.78, 5) is 4.05. The van der Waals surface area contributed by atoms with Crippen LogP contribution < -0.4 is 0 Å². The largest absolute Gasteiger partial charge is 0.381 e. The first-order valence-electron chi connectivity index (χ1n) is 9.31. The van der Waals surface area contributed by atoms with E-state index in [1.165, 1.54) is 10.4 Å². The van der Waals surface area contributed by atoms with Crippen LogP contribution in [0.3, 0.4) is 0 Å². The molecule has 1 aromatic rings. The average Bonchev–Trinajstić information content (AvgIpc) is 3.30. The Morgan fingerprint density at radius 3 is 3.04 bits per heavy atom. The highest BCUT2D eigenvalue weighted by atomic mass is 32.1. The van der Waals surface area contributed by atoms with Gasteiger partial charge in [0.2, 0.25) is 0 Å². The number of ether oxygens (including phenoxy) is 3. The van der Waals surface area contributed by atoms with Crippen molar-refractivity contribution in [2.24, 2.45) is 5.92 Å². The third-order valence-electron chi connectivity index (χ3n) is 5.81. The highest BCUT2D eigenvalue weighted by Gasteiger charge is 2.46. The molecule has 0 unspecified atom stereocenters. The van der Waals surface area contributed by atoms with Gasteiger partial charge in [-0.3, -0.25) is 4.90 Å². The molecule has 24 heavy (non-hydrogen) atoms. The maximum Gasteiger partial charge on any atom is 0.0847 e. The minimum Gasteiger partial charge on any atom is -0.381 e. The molecule has 3 saturated heterocycles. The number of likely N-dealkylation sites (tertiary alicyclic amines) is 1. The molecule has 4 heterocycles. The van der Waals surface area contributed by atoms with Crippen LogP contribution in [0.15, 0.2) is 11.4 Å². The Balaban J connectivity index is 1.24. The zero-order valence-corrected chi connectivity index (χ0v) is 15.5. The number of hydrogen-bond acceptors (Lipinski definition) is 5. The maximum absolute atomic E-state index is 6.25. The lowest BCUT2D eigenvalue weighted by Crippen LogP contribution is -2.33. The molecule has 0 aromatic carbocycles. The summed E-state index contributed by atoms with van der Waals surface area (Å²) in [5.74, 6) is 0.678. The molecule has 0 bridgehead atoms. The molecule has 0 N–H and O–H groups in total. The Morgan fingerprint density at radius 1 is 1.38 bits per heavy atom. The molecule has 3 aliphatic heterocycles. The van der Waals surface area contributed by atoms with Crippen molar-refractivity contribution in [3.05, 3.63) is 21.9 Å². The van der Waals surface area contributed by atoms with Gasteiger partial charge in [-0.25, -0.2) is 0 Å². The predicted octanol–water partition coefficient (Wildman–Crippen LogP) is 3.23. The van der Waals surface area contributed by atoms with Crippen LogP contribution in [0, 0.1) is 12.8 Å². The zero-order chi connectivity index (χ0) is 16.4. The molecule has 1 aromatic heterocycles. The number of rotatable bonds is 5. The van der Waals surface area contributed by atoms with Crippen LogP contribution in [0.4, 0.5) is 0 Å². The molecule has 134 valence electrons. The van der Waals surface area contributed by atoms with E-state index >= 15 is 0 Å². The van der Waals surface area contributed by atoms with Gasteiger partial charge in [-0.2, -0.15) is 0 Å². The van der Waals surface area contributed by atoms with Crippen molar-refractivity contribution >= 4 is 11.3 Å². The first-order valence-corrected chi connectivity index (χ1v) is 10.2. The number of hydrogen-bond donors (Lipinski definition) is 0. The first-order chi connectivity index (χ1) is 11.7. The SMILES string of the molecule is Cc1ccsc1CN1CC[C@]2(C[C@H](OCC3CCOCC3)CO2)C1. The molecule has 0 radical (unpaired) electrons. The van der Waals surface area contributed by atoms with Gasteiger partial charge in [-0.1, -0.05) is 0 Å². The van der Waals surface area contributed by atoms with E-state index in [-0.39, 0.29) is 11.7 Å². The van der Waals surface area contributed by atoms with Crippen molar-refractivity contribution in [2.75, 3.05) is 39.5 Å². The van der Waals surface area contributed by atoms with E-state index in [1.807, 2.05) is 11.3 Å². The Bertz CT molecular complexity index is 542. The van der Waals surface area contributed by atoms with Crippen molar-refractivity contribution < 1.29 is 14.2 Å². The van der Waals surface area contributed by atoms with Crippen molar-refractivity contribution in [3.8, 4) is 0 Å². The van der Waals surface area contributed by atoms with Gasteiger partial charge in [0.1, 0.15) is 0 Å². The Labute approximate surface area is 149 Å². The normalized spacial score (nSPS) is 32.1. The standard InChI is InChI=1S/C19H29NO3S/c1-15-4-9-24-18(15)11-20-6-5-19(14-20)10-17(13-23-19)22-12-16-2-7-21-8-3-16/h4,9,16-17H,2-3,5-8,10-14H2,1H3/t17-,19-/m0/s1. The summed E-state index contributed by atoms with van der Waals surface area (Å²) in [5.41, 5.74) is 1.47. The third-order valence-corrected chi connectivity index (χ3v) is 6.82. The van der Waals surface area contributed by atoms with Crippen LogP contribution in [0.2, 0.25) is 0 Å². The fourth-order valence-corrected chi connectivity index (χ4v) is 5.16. The molecule has 0 saturated carbocycles. The molecule has 3 fully saturated rings. The monoisotopic (exact) mass is 351 g/mol. The lowest BCUT2D eigenvalue weighted by Gasteiger charge is -2.24. The molecular formula is C19H29NO3S. The van der Waals surface area contributed by atoms with Gasteiger partial charge in [0.15, 0.2) is 0 Å². The lowest BCUT2D eigenvalue weighted by atomic mass is 9.98. The molecule has 5 heteroatoms. The fraction of sp³-hybridized carbons (Fsp3) is 0.789. The topological polar surface area (TPSA) is 30.9 Å². The molecule has 1 spiro atoms. The van der Waals surface area contributed by atoms with Crippen LogP contribution in [-0.2, 0) is 20.8 Å². The third kappa shape index (κ3) is 3.86. The van der Waals surface area contributed by atoms with E-state index in [1.54, 1.807) is 0 Å². The van der Waals surface area contributed by atoms with Crippen LogP contribution in [0.25, 0.3) is 0 Å². The van der Waals surface area contributed by atoms with Crippen molar-refractivity contribution in [3.63, 3.8) is 0 Å². The van der Waals surface area contributed by atoms with Gasteiger partial charge in [-0.05, 0) is 49.1 Å². The minimum absolute atomic E-state index is 0.0471. The second-order valence-electron chi connectivity index (χ2n) is 7.70.